The van der Waals surface area contributed by atoms with E-state index in [1.165, 1.54) is 0 Å². The molecule has 0 aliphatic rings. The Kier molecular flexibility index (Phi) is 3.48. The van der Waals surface area contributed by atoms with Crippen molar-refractivity contribution in [1.29, 1.82) is 5.53 Å². The molecule has 0 aliphatic heterocycles. The van der Waals surface area contributed by atoms with E-state index < -0.39 is 4.20 Å². The maximum Gasteiger partial charge on any atom is 0.166 e. The highest BCUT2D eigenvalue weighted by Gasteiger charge is 2.15. The molecular weight excluding hydrogens is 140 g/mol. The van der Waals surface area contributed by atoms with Gasteiger partial charge in [0.05, 0.1) is 0 Å². The molecule has 0 amide bonds. The molecule has 1 N–H and O–H groups in total. The van der Waals surface area contributed by atoms with Crippen molar-refractivity contribution in [2.75, 3.05) is 0 Å². The van der Waals surface area contributed by atoms with Gasteiger partial charge in [-0.3, -0.25) is 0 Å². The van der Waals surface area contributed by atoms with Crippen LogP contribution in [0.15, 0.2) is 5.11 Å². The molecule has 0 aliphatic carbocycles. The van der Waals surface area contributed by atoms with Crippen LogP contribution in [0, 0.1) is 12.5 Å². The Morgan fingerprint density at radius 2 is 2.12 bits per heavy atom. The molecule has 0 heterocycles. The fourth-order valence-corrected chi connectivity index (χ4v) is 0.609. The molecule has 0 aromatic heterocycles. The van der Waals surface area contributed by atoms with E-state index in [4.69, 9.17) is 5.53 Å². The molecular formula is C4H9N2S2. The lowest BCUT2D eigenvalue weighted by atomic mass is 10.3. The Morgan fingerprint density at radius 3 is 2.25 bits per heavy atom. The van der Waals surface area contributed by atoms with Crippen molar-refractivity contribution in [3.05, 3.63) is 6.92 Å². The van der Waals surface area contributed by atoms with Gasteiger partial charge in [0, 0.05) is 0 Å². The first-order chi connectivity index (χ1) is 3.62. The molecule has 47 valence electrons. The molecule has 0 aromatic rings. The lowest BCUT2D eigenvalue weighted by Crippen LogP contribution is -2.06. The standard InChI is InChI=1S/C4H9N2S2/c1-2-3-4(7,8)6-5/h5,7-8H,1-3H2. The molecule has 0 saturated heterocycles. The number of rotatable bonds is 3. The van der Waals surface area contributed by atoms with Crippen LogP contribution in [-0.4, -0.2) is 4.20 Å². The lowest BCUT2D eigenvalue weighted by molar-refractivity contribution is 0.710. The van der Waals surface area contributed by atoms with Crippen LogP contribution in [-0.2, 0) is 0 Å². The van der Waals surface area contributed by atoms with E-state index in [2.05, 4.69) is 37.3 Å². The molecule has 0 fully saturated rings. The zero-order chi connectivity index (χ0) is 6.62. The van der Waals surface area contributed by atoms with Crippen molar-refractivity contribution in [2.24, 2.45) is 5.11 Å². The third-order valence-electron chi connectivity index (χ3n) is 0.691. The van der Waals surface area contributed by atoms with Crippen molar-refractivity contribution >= 4 is 25.3 Å². The summed E-state index contributed by atoms with van der Waals surface area (Å²) in [5, 5.41) is 3.15. The molecule has 0 saturated carbocycles. The molecule has 0 bridgehead atoms. The van der Waals surface area contributed by atoms with E-state index in [1.807, 2.05) is 0 Å². The fourth-order valence-electron chi connectivity index (χ4n) is 0.293. The van der Waals surface area contributed by atoms with Gasteiger partial charge < -0.3 is 0 Å². The average molecular weight is 149 g/mol. The van der Waals surface area contributed by atoms with Crippen LogP contribution in [0.4, 0.5) is 0 Å². The first-order valence-corrected chi connectivity index (χ1v) is 3.14. The summed E-state index contributed by atoms with van der Waals surface area (Å²) in [5.41, 5.74) is 6.55. The van der Waals surface area contributed by atoms with Crippen LogP contribution in [0.2, 0.25) is 0 Å². The van der Waals surface area contributed by atoms with Gasteiger partial charge in [0.1, 0.15) is 0 Å². The average Bonchev–Trinajstić information content (AvgIpc) is 1.67. The van der Waals surface area contributed by atoms with Gasteiger partial charge in [-0.1, -0.05) is 6.92 Å². The third kappa shape index (κ3) is 3.32. The van der Waals surface area contributed by atoms with Gasteiger partial charge in [-0.05, 0) is 12.8 Å². The maximum atomic E-state index is 6.55. The molecule has 0 aromatic carbocycles. The summed E-state index contributed by atoms with van der Waals surface area (Å²) < 4.78 is -0.790. The van der Waals surface area contributed by atoms with Gasteiger partial charge >= 0.3 is 0 Å². The summed E-state index contributed by atoms with van der Waals surface area (Å²) in [6.45, 7) is 3.58. The molecule has 0 spiro atoms. The van der Waals surface area contributed by atoms with Crippen molar-refractivity contribution in [1.82, 2.24) is 0 Å². The Hall–Kier alpha value is 0.300. The Labute approximate surface area is 60.4 Å². The van der Waals surface area contributed by atoms with E-state index >= 15 is 0 Å². The van der Waals surface area contributed by atoms with Crippen LogP contribution < -0.4 is 0 Å². The van der Waals surface area contributed by atoms with E-state index in [0.717, 1.165) is 0 Å². The smallest absolute Gasteiger partial charge is 0.166 e. The number of thiol groups is 2. The Balaban J connectivity index is 3.53. The second-order valence-corrected chi connectivity index (χ2v) is 3.32. The Morgan fingerprint density at radius 1 is 1.62 bits per heavy atom. The summed E-state index contributed by atoms with van der Waals surface area (Å²) in [4.78, 5) is 0. The molecule has 0 rings (SSSR count). The van der Waals surface area contributed by atoms with Crippen molar-refractivity contribution in [3.8, 4) is 0 Å². The van der Waals surface area contributed by atoms with Crippen molar-refractivity contribution in [2.45, 2.75) is 17.0 Å². The maximum absolute atomic E-state index is 6.55. The minimum absolute atomic E-state index is 0.628. The number of nitrogens with one attached hydrogen (secondary N) is 1. The van der Waals surface area contributed by atoms with Crippen LogP contribution in [0.5, 0.6) is 0 Å². The minimum atomic E-state index is -0.790. The monoisotopic (exact) mass is 149 g/mol. The highest BCUT2D eigenvalue weighted by Crippen LogP contribution is 2.26. The second-order valence-electron chi connectivity index (χ2n) is 1.49. The zero-order valence-electron chi connectivity index (χ0n) is 4.46. The molecule has 0 atom stereocenters. The van der Waals surface area contributed by atoms with Gasteiger partial charge in [0.25, 0.3) is 0 Å². The molecule has 8 heavy (non-hydrogen) atoms. The lowest BCUT2D eigenvalue weighted by Gasteiger charge is -2.11. The zero-order valence-corrected chi connectivity index (χ0v) is 6.25. The predicted molar refractivity (Wildman–Crippen MR) is 40.4 cm³/mol. The van der Waals surface area contributed by atoms with E-state index in [9.17, 15) is 0 Å². The summed E-state index contributed by atoms with van der Waals surface area (Å²) in [6.07, 6.45) is 1.33. The summed E-state index contributed by atoms with van der Waals surface area (Å²) in [7, 11) is 0. The van der Waals surface area contributed by atoms with Crippen molar-refractivity contribution in [3.63, 3.8) is 0 Å². The topological polar surface area (TPSA) is 36.2 Å². The van der Waals surface area contributed by atoms with Crippen LogP contribution in [0.3, 0.4) is 0 Å². The van der Waals surface area contributed by atoms with E-state index in [1.54, 1.807) is 0 Å². The van der Waals surface area contributed by atoms with Crippen LogP contribution in [0.25, 0.3) is 0 Å². The predicted octanol–water partition coefficient (Wildman–Crippen LogP) is 2.15. The Bertz CT molecular complexity index is 82.1. The summed E-state index contributed by atoms with van der Waals surface area (Å²) in [5.74, 6) is 0. The van der Waals surface area contributed by atoms with Gasteiger partial charge in [0.15, 0.2) is 4.20 Å². The van der Waals surface area contributed by atoms with Gasteiger partial charge in [-0.15, -0.1) is 25.3 Å². The minimum Gasteiger partial charge on any atom is -0.208 e. The largest absolute Gasteiger partial charge is 0.208 e. The van der Waals surface area contributed by atoms with Crippen LogP contribution >= 0.6 is 25.3 Å². The summed E-state index contributed by atoms with van der Waals surface area (Å²) in [6, 6.07) is 0. The number of hydrogen-bond donors (Lipinski definition) is 3. The third-order valence-corrected chi connectivity index (χ3v) is 1.34. The first kappa shape index (κ1) is 8.30. The highest BCUT2D eigenvalue weighted by molar-refractivity contribution is 8.00. The van der Waals surface area contributed by atoms with Crippen LogP contribution in [0.1, 0.15) is 12.8 Å². The van der Waals surface area contributed by atoms with Gasteiger partial charge in [-0.2, -0.15) is 5.11 Å². The second kappa shape index (κ2) is 3.35. The molecule has 2 nitrogen and oxygen atoms in total. The number of hydrogen-bond acceptors (Lipinski definition) is 4. The van der Waals surface area contributed by atoms with Gasteiger partial charge in [-0.25, -0.2) is 5.53 Å². The molecule has 4 heteroatoms. The molecule has 0 unspecified atom stereocenters. The highest BCUT2D eigenvalue weighted by atomic mass is 32.2. The SMILES string of the molecule is [CH2]CCC(S)(S)N=N. The quantitative estimate of drug-likeness (QED) is 0.312. The summed E-state index contributed by atoms with van der Waals surface area (Å²) >= 11 is 7.87. The fraction of sp³-hybridized carbons (Fsp3) is 0.750. The number of nitrogens with zero attached hydrogens (tertiary/aromatic N) is 1. The van der Waals surface area contributed by atoms with E-state index in [0.29, 0.717) is 12.8 Å². The van der Waals surface area contributed by atoms with E-state index in [-0.39, 0.29) is 0 Å². The van der Waals surface area contributed by atoms with Gasteiger partial charge in [0.2, 0.25) is 0 Å². The normalized spacial score (nSPS) is 11.4. The van der Waals surface area contributed by atoms with Crippen molar-refractivity contribution < 1.29 is 0 Å². The molecule has 1 radical (unpaired) electrons. The first-order valence-electron chi connectivity index (χ1n) is 2.25.